The number of aliphatic hydroxyl groups excluding tert-OH is 5. The van der Waals surface area contributed by atoms with Crippen molar-refractivity contribution in [3.8, 4) is 0 Å². The Morgan fingerprint density at radius 2 is 0.982 bits per heavy atom. The fourth-order valence-corrected chi connectivity index (χ4v) is 6.90. The fraction of sp³-hybridized carbons (Fsp3) is 0.689. The summed E-state index contributed by atoms with van der Waals surface area (Å²) in [6.07, 6.45) is 29.5. The average molecular weight is 791 g/mol. The number of hydrogen-bond donors (Lipinski definition) is 8. The van der Waals surface area contributed by atoms with Crippen molar-refractivity contribution in [3.63, 3.8) is 0 Å². The highest BCUT2D eigenvalue weighted by Crippen LogP contribution is 2.48. The lowest BCUT2D eigenvalue weighted by molar-refractivity contribution is -0.402. The summed E-state index contributed by atoms with van der Waals surface area (Å²) >= 11 is 0. The quantitative estimate of drug-likeness (QED) is 0.0297. The molecule has 1 heterocycles. The number of hydrogen-bond acceptors (Lipinski definition) is 11. The number of Topliss-reactive ketones (excluding diaryl/α,β-unsaturated/α-hetero) is 2. The van der Waals surface area contributed by atoms with Crippen LogP contribution >= 0.6 is 0 Å². The minimum Gasteiger partial charge on any atom is -0.394 e. The zero-order valence-electron chi connectivity index (χ0n) is 34.1. The summed E-state index contributed by atoms with van der Waals surface area (Å²) in [6, 6.07) is 0. The molecule has 1 saturated heterocycles. The van der Waals surface area contributed by atoms with E-state index in [1.807, 2.05) is 0 Å². The second kappa shape index (κ2) is 29.6. The SMILES string of the molecule is CC/C=C\C/C=C\C/C=C\CCCCCCCC(=O)C1(O)O[C@H](CO)[C@@H](O)[C@@](O)(C(O)C(O)CO)[C@@]1(O)C(=O)CCCCCCC/C=C\C/C=C\C/C=C\CC. The van der Waals surface area contributed by atoms with Crippen LogP contribution in [0.15, 0.2) is 72.9 Å². The third-order valence-corrected chi connectivity index (χ3v) is 10.3. The Morgan fingerprint density at radius 3 is 1.41 bits per heavy atom. The lowest BCUT2D eigenvalue weighted by Crippen LogP contribution is -2.87. The van der Waals surface area contributed by atoms with Gasteiger partial charge < -0.3 is 45.6 Å². The standard InChI is InChI=1S/C45H74O11/c1-3-5-7-9-11-13-15-17-19-21-23-25-27-29-31-33-39(49)44(54)43(53,41(51)37(48)35-46)42(52)38(36-47)56-45(44,55)40(50)34-32-30-28-26-24-22-20-18-16-14-12-10-8-6-4-2/h5-8,11-14,17-20,37-38,41-42,46-48,51-55H,3-4,9-10,15-16,21-36H2,1-2H3/b7-5-,8-6-,13-11-,14-12-,19-17-,20-18-/t37?,38-,41?,42-,43+,44+,45?/m1/s1. The largest absolute Gasteiger partial charge is 0.394 e. The topological polar surface area (TPSA) is 205 Å². The summed E-state index contributed by atoms with van der Waals surface area (Å²) in [5.41, 5.74) is -7.19. The van der Waals surface area contributed by atoms with E-state index in [9.17, 15) is 50.4 Å². The van der Waals surface area contributed by atoms with Crippen LogP contribution in [0.4, 0.5) is 0 Å². The van der Waals surface area contributed by atoms with Crippen LogP contribution in [0.25, 0.3) is 0 Å². The Bertz CT molecular complexity index is 1250. The maximum absolute atomic E-state index is 13.9. The smallest absolute Gasteiger partial charge is 0.267 e. The molecular weight excluding hydrogens is 716 g/mol. The van der Waals surface area contributed by atoms with Crippen molar-refractivity contribution in [2.24, 2.45) is 0 Å². The van der Waals surface area contributed by atoms with Crippen molar-refractivity contribution in [3.05, 3.63) is 72.9 Å². The van der Waals surface area contributed by atoms with Crippen LogP contribution in [0.5, 0.6) is 0 Å². The van der Waals surface area contributed by atoms with E-state index in [0.29, 0.717) is 12.8 Å². The van der Waals surface area contributed by atoms with E-state index < -0.39 is 79.0 Å². The van der Waals surface area contributed by atoms with Crippen molar-refractivity contribution in [2.75, 3.05) is 13.2 Å². The number of allylic oxidation sites excluding steroid dienone is 12. The van der Waals surface area contributed by atoms with Gasteiger partial charge in [0.15, 0.2) is 17.2 Å². The first-order chi connectivity index (χ1) is 26.9. The maximum atomic E-state index is 13.9. The van der Waals surface area contributed by atoms with E-state index in [0.717, 1.165) is 89.9 Å². The zero-order valence-corrected chi connectivity index (χ0v) is 34.1. The number of carbonyl (C=O) groups is 2. The van der Waals surface area contributed by atoms with Gasteiger partial charge in [-0.2, -0.15) is 0 Å². The van der Waals surface area contributed by atoms with E-state index in [1.54, 1.807) is 0 Å². The van der Waals surface area contributed by atoms with Crippen LogP contribution in [0, 0.1) is 0 Å². The monoisotopic (exact) mass is 791 g/mol. The molecule has 0 saturated carbocycles. The van der Waals surface area contributed by atoms with Gasteiger partial charge in [-0.3, -0.25) is 9.59 Å². The predicted octanol–water partition coefficient (Wildman–Crippen LogP) is 5.92. The molecule has 0 aliphatic carbocycles. The molecule has 8 N–H and O–H groups in total. The first-order valence-corrected chi connectivity index (χ1v) is 21.0. The van der Waals surface area contributed by atoms with Crippen molar-refractivity contribution in [1.82, 2.24) is 0 Å². The molecule has 1 fully saturated rings. The molecule has 1 aliphatic heterocycles. The zero-order chi connectivity index (χ0) is 41.7. The summed E-state index contributed by atoms with van der Waals surface area (Å²) in [7, 11) is 0. The normalized spacial score (nSPS) is 25.9. The summed E-state index contributed by atoms with van der Waals surface area (Å²) in [5.74, 6) is -5.99. The Labute approximate surface area is 335 Å². The molecule has 0 aromatic rings. The van der Waals surface area contributed by atoms with Gasteiger partial charge in [-0.05, 0) is 77.0 Å². The third kappa shape index (κ3) is 16.0. The molecule has 1 aliphatic rings. The first kappa shape index (κ1) is 51.4. The molecule has 56 heavy (non-hydrogen) atoms. The second-order valence-electron chi connectivity index (χ2n) is 14.7. The number of aliphatic hydroxyl groups is 8. The molecule has 0 bridgehead atoms. The van der Waals surface area contributed by atoms with Crippen LogP contribution in [-0.2, 0) is 14.3 Å². The van der Waals surface area contributed by atoms with Gasteiger partial charge in [-0.1, -0.05) is 125 Å². The van der Waals surface area contributed by atoms with Crippen LogP contribution < -0.4 is 0 Å². The number of ether oxygens (including phenoxy) is 1. The molecule has 0 amide bonds. The average Bonchev–Trinajstić information content (AvgIpc) is 3.20. The minimum atomic E-state index is -3.67. The number of ketones is 2. The Hall–Kier alpha value is -2.58. The maximum Gasteiger partial charge on any atom is 0.267 e. The second-order valence-corrected chi connectivity index (χ2v) is 14.7. The number of carbonyl (C=O) groups excluding carboxylic acids is 2. The van der Waals surface area contributed by atoms with E-state index in [4.69, 9.17) is 4.74 Å². The van der Waals surface area contributed by atoms with Crippen LogP contribution in [0.3, 0.4) is 0 Å². The minimum absolute atomic E-state index is 0.176. The highest BCUT2D eigenvalue weighted by molar-refractivity contribution is 5.99. The van der Waals surface area contributed by atoms with Gasteiger partial charge in [-0.25, -0.2) is 0 Å². The van der Waals surface area contributed by atoms with Crippen molar-refractivity contribution >= 4 is 11.6 Å². The summed E-state index contributed by atoms with van der Waals surface area (Å²) < 4.78 is 5.39. The van der Waals surface area contributed by atoms with Crippen LogP contribution in [-0.4, -0.2) is 107 Å². The fourth-order valence-electron chi connectivity index (χ4n) is 6.90. The van der Waals surface area contributed by atoms with Gasteiger partial charge in [-0.15, -0.1) is 0 Å². The summed E-state index contributed by atoms with van der Waals surface area (Å²) in [4.78, 5) is 27.6. The van der Waals surface area contributed by atoms with E-state index >= 15 is 0 Å². The molecule has 11 heteroatoms. The highest BCUT2D eigenvalue weighted by Gasteiger charge is 2.79. The van der Waals surface area contributed by atoms with Gasteiger partial charge in [0.25, 0.3) is 5.79 Å². The molecule has 0 radical (unpaired) electrons. The predicted molar refractivity (Wildman–Crippen MR) is 220 cm³/mol. The first-order valence-electron chi connectivity index (χ1n) is 21.0. The van der Waals surface area contributed by atoms with E-state index in [2.05, 4.69) is 86.8 Å². The number of rotatable bonds is 32. The Balaban J connectivity index is 2.86. The molecule has 1 rings (SSSR count). The van der Waals surface area contributed by atoms with Crippen molar-refractivity contribution in [2.45, 2.75) is 184 Å². The van der Waals surface area contributed by atoms with Gasteiger partial charge >= 0.3 is 0 Å². The number of unbranched alkanes of at least 4 members (excludes halogenated alkanes) is 10. The van der Waals surface area contributed by atoms with Gasteiger partial charge in [0.1, 0.15) is 24.4 Å². The lowest BCUT2D eigenvalue weighted by atomic mass is 9.61. The molecule has 320 valence electrons. The molecule has 0 aromatic carbocycles. The van der Waals surface area contributed by atoms with Crippen molar-refractivity contribution in [1.29, 1.82) is 0 Å². The third-order valence-electron chi connectivity index (χ3n) is 10.3. The lowest BCUT2D eigenvalue weighted by Gasteiger charge is -2.58. The molecule has 3 unspecified atom stereocenters. The molecule has 0 aromatic heterocycles. The van der Waals surface area contributed by atoms with Gasteiger partial charge in [0.05, 0.1) is 13.2 Å². The van der Waals surface area contributed by atoms with E-state index in [-0.39, 0.29) is 12.8 Å². The summed E-state index contributed by atoms with van der Waals surface area (Å²) in [6.45, 7) is 1.95. The molecule has 7 atom stereocenters. The molecule has 11 nitrogen and oxygen atoms in total. The summed E-state index contributed by atoms with van der Waals surface area (Å²) in [5, 5.41) is 87.7. The van der Waals surface area contributed by atoms with Crippen LogP contribution in [0.1, 0.15) is 142 Å². The molecular formula is C45H74O11. The van der Waals surface area contributed by atoms with Crippen LogP contribution in [0.2, 0.25) is 0 Å². The van der Waals surface area contributed by atoms with E-state index in [1.165, 1.54) is 0 Å². The van der Waals surface area contributed by atoms with Gasteiger partial charge in [0, 0.05) is 12.8 Å². The van der Waals surface area contributed by atoms with Gasteiger partial charge in [0.2, 0.25) is 5.60 Å². The Morgan fingerprint density at radius 1 is 0.589 bits per heavy atom. The molecule has 0 spiro atoms. The van der Waals surface area contributed by atoms with Crippen molar-refractivity contribution < 1.29 is 55.2 Å². The highest BCUT2D eigenvalue weighted by atomic mass is 16.7. The Kier molecular flexibility index (Phi) is 27.2.